The van der Waals surface area contributed by atoms with Crippen molar-refractivity contribution in [2.24, 2.45) is 0 Å². The summed E-state index contributed by atoms with van der Waals surface area (Å²) in [5, 5.41) is 2.84. The number of anilines is 2. The smallest absolute Gasteiger partial charge is 0.265 e. The fourth-order valence-corrected chi connectivity index (χ4v) is 2.91. The summed E-state index contributed by atoms with van der Waals surface area (Å²) in [6.07, 6.45) is 0. The van der Waals surface area contributed by atoms with Crippen LogP contribution in [0.2, 0.25) is 0 Å². The molecule has 1 heterocycles. The Morgan fingerprint density at radius 1 is 1.28 bits per heavy atom. The summed E-state index contributed by atoms with van der Waals surface area (Å²) in [5.41, 5.74) is 9.26. The molecule has 2 aromatic rings. The van der Waals surface area contributed by atoms with E-state index in [4.69, 9.17) is 5.73 Å². The second-order valence-corrected chi connectivity index (χ2v) is 6.46. The fourth-order valence-electron chi connectivity index (χ4n) is 1.48. The van der Waals surface area contributed by atoms with E-state index in [1.54, 1.807) is 6.07 Å². The standard InChI is InChI=1S/C13H13BrN2OS/c1-7-3-4-9(6-10(7)15)16-13(17)11-5-8(2)12(14)18-11/h3-6H,15H2,1-2H3,(H,16,17). The molecule has 0 fully saturated rings. The highest BCUT2D eigenvalue weighted by Crippen LogP contribution is 2.28. The van der Waals surface area contributed by atoms with E-state index >= 15 is 0 Å². The van der Waals surface area contributed by atoms with Gasteiger partial charge in [-0.1, -0.05) is 6.07 Å². The minimum Gasteiger partial charge on any atom is -0.398 e. The lowest BCUT2D eigenvalue weighted by Crippen LogP contribution is -2.10. The Balaban J connectivity index is 2.18. The molecule has 94 valence electrons. The van der Waals surface area contributed by atoms with E-state index in [9.17, 15) is 4.79 Å². The first kappa shape index (κ1) is 13.1. The topological polar surface area (TPSA) is 55.1 Å². The Kier molecular flexibility index (Phi) is 3.73. The number of nitrogens with two attached hydrogens (primary N) is 1. The third-order valence-electron chi connectivity index (χ3n) is 2.62. The number of halogens is 1. The van der Waals surface area contributed by atoms with Gasteiger partial charge in [0.15, 0.2) is 0 Å². The normalized spacial score (nSPS) is 10.4. The van der Waals surface area contributed by atoms with Gasteiger partial charge in [-0.2, -0.15) is 0 Å². The van der Waals surface area contributed by atoms with Gasteiger partial charge in [-0.25, -0.2) is 0 Å². The molecule has 0 radical (unpaired) electrons. The number of thiophene rings is 1. The van der Waals surface area contributed by atoms with Gasteiger partial charge < -0.3 is 11.1 Å². The van der Waals surface area contributed by atoms with Crippen LogP contribution in [-0.2, 0) is 0 Å². The highest BCUT2D eigenvalue weighted by molar-refractivity contribution is 9.11. The Bertz CT molecular complexity index is 588. The van der Waals surface area contributed by atoms with Gasteiger partial charge in [-0.3, -0.25) is 4.79 Å². The Morgan fingerprint density at radius 2 is 2.00 bits per heavy atom. The Hall–Kier alpha value is -1.33. The van der Waals surface area contributed by atoms with Crippen molar-refractivity contribution in [3.8, 4) is 0 Å². The van der Waals surface area contributed by atoms with Gasteiger partial charge in [-0.15, -0.1) is 11.3 Å². The first-order valence-corrected chi connectivity index (χ1v) is 7.01. The van der Waals surface area contributed by atoms with E-state index in [-0.39, 0.29) is 5.91 Å². The number of rotatable bonds is 2. The number of hydrogen-bond acceptors (Lipinski definition) is 3. The molecule has 0 saturated carbocycles. The lowest BCUT2D eigenvalue weighted by molar-refractivity contribution is 0.103. The lowest BCUT2D eigenvalue weighted by atomic mass is 10.2. The van der Waals surface area contributed by atoms with Gasteiger partial charge in [0.05, 0.1) is 8.66 Å². The van der Waals surface area contributed by atoms with Crippen LogP contribution in [0.1, 0.15) is 20.8 Å². The molecular weight excluding hydrogens is 312 g/mol. The van der Waals surface area contributed by atoms with Crippen LogP contribution in [0.3, 0.4) is 0 Å². The number of carbonyl (C=O) groups excluding carboxylic acids is 1. The van der Waals surface area contributed by atoms with E-state index in [0.29, 0.717) is 16.3 Å². The van der Waals surface area contributed by atoms with Gasteiger partial charge >= 0.3 is 0 Å². The van der Waals surface area contributed by atoms with Crippen LogP contribution in [0, 0.1) is 13.8 Å². The zero-order valence-corrected chi connectivity index (χ0v) is 12.5. The fraction of sp³-hybridized carbons (Fsp3) is 0.154. The summed E-state index contributed by atoms with van der Waals surface area (Å²) < 4.78 is 0.982. The van der Waals surface area contributed by atoms with Crippen molar-refractivity contribution in [2.45, 2.75) is 13.8 Å². The average molecular weight is 325 g/mol. The van der Waals surface area contributed by atoms with Crippen molar-refractivity contribution in [3.05, 3.63) is 44.1 Å². The molecule has 1 amide bonds. The molecule has 0 aliphatic rings. The second-order valence-electron chi connectivity index (χ2n) is 4.09. The average Bonchev–Trinajstić information content (AvgIpc) is 2.65. The maximum absolute atomic E-state index is 12.0. The first-order valence-electron chi connectivity index (χ1n) is 5.41. The number of nitrogen functional groups attached to an aromatic ring is 1. The summed E-state index contributed by atoms with van der Waals surface area (Å²) in [4.78, 5) is 12.7. The van der Waals surface area contributed by atoms with Crippen molar-refractivity contribution < 1.29 is 4.79 Å². The molecule has 0 atom stereocenters. The van der Waals surface area contributed by atoms with Crippen LogP contribution >= 0.6 is 27.3 Å². The van der Waals surface area contributed by atoms with Gasteiger partial charge in [0, 0.05) is 11.4 Å². The van der Waals surface area contributed by atoms with E-state index in [0.717, 1.165) is 14.9 Å². The van der Waals surface area contributed by atoms with Crippen LogP contribution < -0.4 is 11.1 Å². The lowest BCUT2D eigenvalue weighted by Gasteiger charge is -2.06. The molecule has 1 aromatic heterocycles. The monoisotopic (exact) mass is 324 g/mol. The Labute approximate surface area is 118 Å². The maximum atomic E-state index is 12.0. The van der Waals surface area contributed by atoms with Crippen molar-refractivity contribution in [2.75, 3.05) is 11.1 Å². The minimum absolute atomic E-state index is 0.114. The predicted octanol–water partition coefficient (Wildman–Crippen LogP) is 3.96. The number of carbonyl (C=O) groups is 1. The molecule has 3 nitrogen and oxygen atoms in total. The van der Waals surface area contributed by atoms with Crippen LogP contribution in [-0.4, -0.2) is 5.91 Å². The Morgan fingerprint density at radius 3 is 2.56 bits per heavy atom. The van der Waals surface area contributed by atoms with Crippen molar-refractivity contribution >= 4 is 44.5 Å². The third kappa shape index (κ3) is 2.73. The molecule has 0 aliphatic carbocycles. The summed E-state index contributed by atoms with van der Waals surface area (Å²) in [5.74, 6) is -0.114. The molecule has 1 aromatic carbocycles. The minimum atomic E-state index is -0.114. The summed E-state index contributed by atoms with van der Waals surface area (Å²) in [6.45, 7) is 3.89. The molecule has 0 aliphatic heterocycles. The molecule has 0 spiro atoms. The van der Waals surface area contributed by atoms with E-state index in [1.165, 1.54) is 11.3 Å². The molecule has 2 rings (SSSR count). The zero-order chi connectivity index (χ0) is 13.3. The van der Waals surface area contributed by atoms with Gasteiger partial charge in [-0.05, 0) is 59.1 Å². The molecule has 5 heteroatoms. The molecule has 18 heavy (non-hydrogen) atoms. The van der Waals surface area contributed by atoms with E-state index < -0.39 is 0 Å². The van der Waals surface area contributed by atoms with E-state index in [1.807, 2.05) is 32.0 Å². The van der Waals surface area contributed by atoms with Crippen LogP contribution in [0.4, 0.5) is 11.4 Å². The first-order chi connectivity index (χ1) is 8.47. The number of nitrogens with one attached hydrogen (secondary N) is 1. The largest absolute Gasteiger partial charge is 0.398 e. The molecular formula is C13H13BrN2OS. The highest BCUT2D eigenvalue weighted by atomic mass is 79.9. The van der Waals surface area contributed by atoms with Crippen LogP contribution in [0.25, 0.3) is 0 Å². The zero-order valence-electron chi connectivity index (χ0n) is 10.1. The second kappa shape index (κ2) is 5.12. The highest BCUT2D eigenvalue weighted by Gasteiger charge is 2.11. The van der Waals surface area contributed by atoms with Crippen LogP contribution in [0.5, 0.6) is 0 Å². The van der Waals surface area contributed by atoms with Crippen molar-refractivity contribution in [1.82, 2.24) is 0 Å². The summed E-state index contributed by atoms with van der Waals surface area (Å²) >= 11 is 4.83. The maximum Gasteiger partial charge on any atom is 0.265 e. The summed E-state index contributed by atoms with van der Waals surface area (Å²) in [7, 11) is 0. The molecule has 0 bridgehead atoms. The third-order valence-corrected chi connectivity index (χ3v) is 4.75. The summed E-state index contributed by atoms with van der Waals surface area (Å²) in [6, 6.07) is 7.37. The SMILES string of the molecule is Cc1ccc(NC(=O)c2cc(C)c(Br)s2)cc1N. The van der Waals surface area contributed by atoms with Gasteiger partial charge in [0.25, 0.3) is 5.91 Å². The van der Waals surface area contributed by atoms with Gasteiger partial charge in [0.2, 0.25) is 0 Å². The predicted molar refractivity (Wildman–Crippen MR) is 80.3 cm³/mol. The number of hydrogen-bond donors (Lipinski definition) is 2. The van der Waals surface area contributed by atoms with Crippen molar-refractivity contribution in [3.63, 3.8) is 0 Å². The van der Waals surface area contributed by atoms with E-state index in [2.05, 4.69) is 21.2 Å². The number of amides is 1. The number of aryl methyl sites for hydroxylation is 2. The molecule has 3 N–H and O–H groups in total. The quantitative estimate of drug-likeness (QED) is 0.821. The molecule has 0 saturated heterocycles. The van der Waals surface area contributed by atoms with Gasteiger partial charge in [0.1, 0.15) is 0 Å². The van der Waals surface area contributed by atoms with Crippen LogP contribution in [0.15, 0.2) is 28.1 Å². The van der Waals surface area contributed by atoms with Crippen molar-refractivity contribution in [1.29, 1.82) is 0 Å². The molecule has 0 unspecified atom stereocenters. The number of benzene rings is 1.